The minimum absolute atomic E-state index is 0.184. The predicted octanol–water partition coefficient (Wildman–Crippen LogP) is 0.853. The molecule has 2 saturated heterocycles. The van der Waals surface area contributed by atoms with Gasteiger partial charge in [0.25, 0.3) is 0 Å². The Hall–Kier alpha value is -0.160. The third-order valence-corrected chi connectivity index (χ3v) is 4.01. The molecule has 0 aromatic heterocycles. The van der Waals surface area contributed by atoms with Gasteiger partial charge >= 0.3 is 0 Å². The van der Waals surface area contributed by atoms with Crippen LogP contribution in [0.25, 0.3) is 0 Å². The second-order valence-corrected chi connectivity index (χ2v) is 5.69. The molecule has 2 atom stereocenters. The molecule has 2 N–H and O–H groups in total. The average Bonchev–Trinajstić information content (AvgIpc) is 2.79. The molecule has 4 heteroatoms. The summed E-state index contributed by atoms with van der Waals surface area (Å²) in [5.74, 6) is 0. The number of nitrogens with zero attached hydrogens (tertiary/aromatic N) is 1. The summed E-state index contributed by atoms with van der Waals surface area (Å²) < 4.78 is 11.3. The Morgan fingerprint density at radius 2 is 2.24 bits per heavy atom. The highest BCUT2D eigenvalue weighted by Crippen LogP contribution is 2.28. The van der Waals surface area contributed by atoms with Crippen LogP contribution >= 0.6 is 0 Å². The van der Waals surface area contributed by atoms with E-state index < -0.39 is 0 Å². The van der Waals surface area contributed by atoms with E-state index in [9.17, 15) is 0 Å². The number of likely N-dealkylation sites (N-methyl/N-ethyl adjacent to an activating group) is 1. The van der Waals surface area contributed by atoms with Crippen molar-refractivity contribution in [2.75, 3.05) is 46.5 Å². The number of hydrogen-bond donors (Lipinski definition) is 1. The average molecular weight is 242 g/mol. The molecule has 2 heterocycles. The number of nitrogens with two attached hydrogens (primary N) is 1. The van der Waals surface area contributed by atoms with Crippen LogP contribution in [0.15, 0.2) is 0 Å². The van der Waals surface area contributed by atoms with Gasteiger partial charge in [0.15, 0.2) is 0 Å². The fraction of sp³-hybridized carbons (Fsp3) is 1.00. The van der Waals surface area contributed by atoms with Crippen LogP contribution in [0.3, 0.4) is 0 Å². The zero-order chi connectivity index (χ0) is 12.1. The van der Waals surface area contributed by atoms with Crippen LogP contribution < -0.4 is 5.73 Å². The van der Waals surface area contributed by atoms with Gasteiger partial charge in [-0.3, -0.25) is 0 Å². The van der Waals surface area contributed by atoms with Gasteiger partial charge in [0.05, 0.1) is 12.7 Å². The molecule has 4 nitrogen and oxygen atoms in total. The standard InChI is InChI=1S/C13H26N2O2/c1-15(8-12-4-2-3-6-17-12)10-13(9-14)5-7-16-11-13/h12H,2-11,14H2,1H3. The van der Waals surface area contributed by atoms with Crippen LogP contribution in [0.2, 0.25) is 0 Å². The predicted molar refractivity (Wildman–Crippen MR) is 68.0 cm³/mol. The van der Waals surface area contributed by atoms with E-state index in [4.69, 9.17) is 15.2 Å². The first-order valence-corrected chi connectivity index (χ1v) is 6.82. The summed E-state index contributed by atoms with van der Waals surface area (Å²) in [4.78, 5) is 2.37. The van der Waals surface area contributed by atoms with E-state index in [1.54, 1.807) is 0 Å². The maximum absolute atomic E-state index is 5.91. The van der Waals surface area contributed by atoms with Gasteiger partial charge in [-0.15, -0.1) is 0 Å². The zero-order valence-corrected chi connectivity index (χ0v) is 11.0. The lowest BCUT2D eigenvalue weighted by Gasteiger charge is -2.34. The van der Waals surface area contributed by atoms with E-state index in [0.29, 0.717) is 6.10 Å². The molecule has 0 amide bonds. The topological polar surface area (TPSA) is 47.7 Å². The van der Waals surface area contributed by atoms with Crippen molar-refractivity contribution in [1.29, 1.82) is 0 Å². The summed E-state index contributed by atoms with van der Waals surface area (Å²) in [6.45, 7) is 5.40. The summed E-state index contributed by atoms with van der Waals surface area (Å²) >= 11 is 0. The third kappa shape index (κ3) is 3.65. The lowest BCUT2D eigenvalue weighted by molar-refractivity contribution is -0.00808. The number of rotatable bonds is 5. The second-order valence-electron chi connectivity index (χ2n) is 5.69. The van der Waals surface area contributed by atoms with Crippen LogP contribution in [0.4, 0.5) is 0 Å². The van der Waals surface area contributed by atoms with Crippen molar-refractivity contribution >= 4 is 0 Å². The van der Waals surface area contributed by atoms with Crippen molar-refractivity contribution in [2.24, 2.45) is 11.1 Å². The molecule has 17 heavy (non-hydrogen) atoms. The van der Waals surface area contributed by atoms with E-state index in [0.717, 1.165) is 45.9 Å². The highest BCUT2D eigenvalue weighted by molar-refractivity contribution is 4.87. The molecule has 0 aromatic rings. The first kappa shape index (κ1) is 13.3. The summed E-state index contributed by atoms with van der Waals surface area (Å²) in [5, 5.41) is 0. The highest BCUT2D eigenvalue weighted by Gasteiger charge is 2.35. The van der Waals surface area contributed by atoms with Gasteiger partial charge in [-0.25, -0.2) is 0 Å². The van der Waals surface area contributed by atoms with Gasteiger partial charge in [-0.05, 0) is 32.7 Å². The van der Waals surface area contributed by atoms with Gasteiger partial charge in [0.2, 0.25) is 0 Å². The Kier molecular flexibility index (Phi) is 4.79. The first-order chi connectivity index (χ1) is 8.24. The maximum Gasteiger partial charge on any atom is 0.0701 e. The van der Waals surface area contributed by atoms with E-state index in [1.807, 2.05) is 0 Å². The highest BCUT2D eigenvalue weighted by atomic mass is 16.5. The SMILES string of the molecule is CN(CC1CCCCO1)CC1(CN)CCOC1. The van der Waals surface area contributed by atoms with E-state index in [-0.39, 0.29) is 5.41 Å². The Labute approximate surface area is 104 Å². The van der Waals surface area contributed by atoms with E-state index in [2.05, 4.69) is 11.9 Å². The van der Waals surface area contributed by atoms with Gasteiger partial charge < -0.3 is 20.1 Å². The molecule has 0 radical (unpaired) electrons. The minimum atomic E-state index is 0.184. The van der Waals surface area contributed by atoms with Crippen molar-refractivity contribution < 1.29 is 9.47 Å². The normalized spacial score (nSPS) is 34.4. The first-order valence-electron chi connectivity index (χ1n) is 6.82. The molecule has 0 aromatic carbocycles. The third-order valence-electron chi connectivity index (χ3n) is 4.01. The molecule has 0 spiro atoms. The van der Waals surface area contributed by atoms with Crippen molar-refractivity contribution in [3.05, 3.63) is 0 Å². The van der Waals surface area contributed by atoms with Crippen molar-refractivity contribution in [3.63, 3.8) is 0 Å². The van der Waals surface area contributed by atoms with Crippen LogP contribution in [-0.2, 0) is 9.47 Å². The number of ether oxygens (including phenoxy) is 2. The van der Waals surface area contributed by atoms with Crippen molar-refractivity contribution in [3.8, 4) is 0 Å². The lowest BCUT2D eigenvalue weighted by Crippen LogP contribution is -2.44. The van der Waals surface area contributed by atoms with Crippen LogP contribution in [0, 0.1) is 5.41 Å². The van der Waals surface area contributed by atoms with Gasteiger partial charge in [0.1, 0.15) is 0 Å². The molecule has 2 unspecified atom stereocenters. The Balaban J connectivity index is 1.77. The Bertz CT molecular complexity index is 223. The molecular formula is C13H26N2O2. The molecular weight excluding hydrogens is 216 g/mol. The monoisotopic (exact) mass is 242 g/mol. The lowest BCUT2D eigenvalue weighted by atomic mass is 9.87. The molecule has 0 saturated carbocycles. The minimum Gasteiger partial charge on any atom is -0.381 e. The van der Waals surface area contributed by atoms with Gasteiger partial charge in [0, 0.05) is 38.3 Å². The molecule has 2 fully saturated rings. The van der Waals surface area contributed by atoms with E-state index >= 15 is 0 Å². The molecule has 0 bridgehead atoms. The van der Waals surface area contributed by atoms with Crippen LogP contribution in [0.5, 0.6) is 0 Å². The number of hydrogen-bond acceptors (Lipinski definition) is 4. The fourth-order valence-corrected chi connectivity index (χ4v) is 2.94. The zero-order valence-electron chi connectivity index (χ0n) is 11.0. The van der Waals surface area contributed by atoms with Crippen LogP contribution in [-0.4, -0.2) is 57.5 Å². The van der Waals surface area contributed by atoms with Crippen LogP contribution in [0.1, 0.15) is 25.7 Å². The molecule has 100 valence electrons. The quantitative estimate of drug-likeness (QED) is 0.776. The van der Waals surface area contributed by atoms with Gasteiger partial charge in [-0.2, -0.15) is 0 Å². The summed E-state index contributed by atoms with van der Waals surface area (Å²) in [5.41, 5.74) is 6.10. The maximum atomic E-state index is 5.91. The molecule has 2 aliphatic rings. The summed E-state index contributed by atoms with van der Waals surface area (Å²) in [6, 6.07) is 0. The second kappa shape index (κ2) is 6.14. The van der Waals surface area contributed by atoms with Gasteiger partial charge in [-0.1, -0.05) is 0 Å². The summed E-state index contributed by atoms with van der Waals surface area (Å²) in [6.07, 6.45) is 5.26. The van der Waals surface area contributed by atoms with Crippen molar-refractivity contribution in [1.82, 2.24) is 4.90 Å². The van der Waals surface area contributed by atoms with E-state index in [1.165, 1.54) is 19.3 Å². The molecule has 0 aliphatic carbocycles. The molecule has 2 rings (SSSR count). The summed E-state index contributed by atoms with van der Waals surface area (Å²) in [7, 11) is 2.17. The largest absolute Gasteiger partial charge is 0.381 e. The smallest absolute Gasteiger partial charge is 0.0701 e. The Morgan fingerprint density at radius 1 is 1.35 bits per heavy atom. The Morgan fingerprint density at radius 3 is 2.82 bits per heavy atom. The fourth-order valence-electron chi connectivity index (χ4n) is 2.94. The van der Waals surface area contributed by atoms with Crippen molar-refractivity contribution in [2.45, 2.75) is 31.8 Å². The molecule has 2 aliphatic heterocycles.